The number of rotatable bonds is 9. The van der Waals surface area contributed by atoms with Gasteiger partial charge in [-0.15, -0.1) is 0 Å². The van der Waals surface area contributed by atoms with Crippen LogP contribution in [0.5, 0.6) is 11.5 Å². The maximum Gasteiger partial charge on any atom is 0.338 e. The average Bonchev–Trinajstić information content (AvgIpc) is 3.29. The highest BCUT2D eigenvalue weighted by molar-refractivity contribution is 9.10. The number of allylic oxidation sites excluding steroid dienone is 1. The number of carbonyl (C=O) groups is 1. The Bertz CT molecular complexity index is 1250. The van der Waals surface area contributed by atoms with E-state index in [1.807, 2.05) is 45.0 Å². The van der Waals surface area contributed by atoms with E-state index in [4.69, 9.17) is 14.2 Å². The van der Waals surface area contributed by atoms with Gasteiger partial charge >= 0.3 is 5.97 Å². The highest BCUT2D eigenvalue weighted by atomic mass is 79.9. The number of nitrogens with one attached hydrogen (secondary N) is 1. The van der Waals surface area contributed by atoms with Crippen LogP contribution < -0.4 is 14.8 Å². The van der Waals surface area contributed by atoms with E-state index in [9.17, 15) is 4.79 Å². The van der Waals surface area contributed by atoms with Crippen LogP contribution in [0.25, 0.3) is 0 Å². The molecule has 184 valence electrons. The minimum atomic E-state index is -0.542. The van der Waals surface area contributed by atoms with Gasteiger partial charge in [0, 0.05) is 5.70 Å². The van der Waals surface area contributed by atoms with Crippen LogP contribution in [-0.2, 0) is 16.1 Å². The first-order valence-corrected chi connectivity index (χ1v) is 12.4. The number of hydrogen-bond acceptors (Lipinski definition) is 7. The molecule has 9 heteroatoms. The van der Waals surface area contributed by atoms with Gasteiger partial charge in [0.15, 0.2) is 11.5 Å². The van der Waals surface area contributed by atoms with E-state index in [2.05, 4.69) is 50.4 Å². The number of carbonyl (C=O) groups excluding carboxylic acids is 1. The molecule has 4 rings (SSSR count). The molecule has 0 amide bonds. The molecule has 1 aromatic heterocycles. The van der Waals surface area contributed by atoms with Crippen molar-refractivity contribution in [3.8, 4) is 11.5 Å². The van der Waals surface area contributed by atoms with E-state index in [0.717, 1.165) is 17.5 Å². The predicted octanol–water partition coefficient (Wildman–Crippen LogP) is 5.57. The second kappa shape index (κ2) is 10.9. The molecule has 3 aromatic rings. The first-order chi connectivity index (χ1) is 16.9. The molecule has 1 aliphatic rings. The third-order valence-corrected chi connectivity index (χ3v) is 6.15. The van der Waals surface area contributed by atoms with Gasteiger partial charge in [0.25, 0.3) is 0 Å². The molecule has 0 bridgehead atoms. The number of ether oxygens (including phenoxy) is 3. The zero-order chi connectivity index (χ0) is 24.9. The van der Waals surface area contributed by atoms with E-state index in [0.29, 0.717) is 53.0 Å². The Kier molecular flexibility index (Phi) is 7.75. The summed E-state index contributed by atoms with van der Waals surface area (Å²) in [6.07, 6.45) is 2.19. The van der Waals surface area contributed by atoms with Crippen LogP contribution in [0.1, 0.15) is 49.9 Å². The van der Waals surface area contributed by atoms with Gasteiger partial charge in [-0.1, -0.05) is 36.8 Å². The van der Waals surface area contributed by atoms with Crippen molar-refractivity contribution < 1.29 is 19.0 Å². The number of nitrogens with zero attached hydrogens (tertiary/aromatic N) is 3. The summed E-state index contributed by atoms with van der Waals surface area (Å²) in [6.45, 7) is 8.96. The Morgan fingerprint density at radius 3 is 2.74 bits per heavy atom. The normalized spacial score (nSPS) is 14.8. The van der Waals surface area contributed by atoms with Crippen molar-refractivity contribution in [3.05, 3.63) is 75.2 Å². The third kappa shape index (κ3) is 5.35. The Balaban J connectivity index is 1.74. The van der Waals surface area contributed by atoms with E-state index < -0.39 is 12.0 Å². The Hall–Kier alpha value is -3.33. The Morgan fingerprint density at radius 2 is 2.00 bits per heavy atom. The van der Waals surface area contributed by atoms with Crippen molar-refractivity contribution in [2.24, 2.45) is 0 Å². The van der Waals surface area contributed by atoms with E-state index in [1.54, 1.807) is 4.68 Å². The summed E-state index contributed by atoms with van der Waals surface area (Å²) in [7, 11) is 0. The van der Waals surface area contributed by atoms with Gasteiger partial charge in [-0.05, 0) is 66.4 Å². The highest BCUT2D eigenvalue weighted by Crippen LogP contribution is 2.43. The van der Waals surface area contributed by atoms with E-state index in [1.165, 1.54) is 11.9 Å². The first-order valence-electron chi connectivity index (χ1n) is 11.6. The molecule has 2 heterocycles. The summed E-state index contributed by atoms with van der Waals surface area (Å²) in [5.74, 6) is 1.33. The lowest BCUT2D eigenvalue weighted by Crippen LogP contribution is -2.30. The fraction of sp³-hybridized carbons (Fsp3) is 0.346. The van der Waals surface area contributed by atoms with Crippen LogP contribution in [-0.4, -0.2) is 33.9 Å². The van der Waals surface area contributed by atoms with Gasteiger partial charge in [-0.3, -0.25) is 0 Å². The quantitative estimate of drug-likeness (QED) is 0.355. The summed E-state index contributed by atoms with van der Waals surface area (Å²) in [5.41, 5.74) is 4.17. The fourth-order valence-electron chi connectivity index (χ4n) is 4.04. The second-order valence-corrected chi connectivity index (χ2v) is 9.13. The van der Waals surface area contributed by atoms with E-state index in [-0.39, 0.29) is 0 Å². The SMILES string of the molecule is CCCOC(=O)C1=C(C)Nc2ncnn2C1c1cc(Br)c(OCc2cccc(C)c2)c(OCC)c1. The molecule has 1 unspecified atom stereocenters. The minimum absolute atomic E-state index is 0.339. The maximum atomic E-state index is 13.1. The number of anilines is 1. The monoisotopic (exact) mass is 540 g/mol. The smallest absolute Gasteiger partial charge is 0.338 e. The average molecular weight is 541 g/mol. The third-order valence-electron chi connectivity index (χ3n) is 5.56. The fourth-order valence-corrected chi connectivity index (χ4v) is 4.62. The van der Waals surface area contributed by atoms with Gasteiger partial charge in [0.2, 0.25) is 5.95 Å². The van der Waals surface area contributed by atoms with Crippen LogP contribution in [0.2, 0.25) is 0 Å². The minimum Gasteiger partial charge on any atom is -0.490 e. The summed E-state index contributed by atoms with van der Waals surface area (Å²) in [5, 5.41) is 7.54. The molecular formula is C26H29BrN4O4. The van der Waals surface area contributed by atoms with Gasteiger partial charge in [-0.2, -0.15) is 10.1 Å². The van der Waals surface area contributed by atoms with Crippen molar-refractivity contribution in [2.45, 2.75) is 46.8 Å². The van der Waals surface area contributed by atoms with Crippen molar-refractivity contribution >= 4 is 27.8 Å². The van der Waals surface area contributed by atoms with Crippen molar-refractivity contribution in [1.82, 2.24) is 14.8 Å². The lowest BCUT2D eigenvalue weighted by atomic mass is 9.95. The highest BCUT2D eigenvalue weighted by Gasteiger charge is 2.35. The van der Waals surface area contributed by atoms with Crippen molar-refractivity contribution in [3.63, 3.8) is 0 Å². The molecule has 2 aromatic carbocycles. The molecule has 0 saturated carbocycles. The number of halogens is 1. The number of aryl methyl sites for hydroxylation is 1. The number of fused-ring (bicyclic) bond motifs is 1. The lowest BCUT2D eigenvalue weighted by molar-refractivity contribution is -0.139. The zero-order valence-corrected chi connectivity index (χ0v) is 21.9. The van der Waals surface area contributed by atoms with Gasteiger partial charge in [0.05, 0.1) is 23.3 Å². The predicted molar refractivity (Wildman–Crippen MR) is 137 cm³/mol. The van der Waals surface area contributed by atoms with Crippen LogP contribution in [0, 0.1) is 6.92 Å². The molecule has 1 aliphatic heterocycles. The van der Waals surface area contributed by atoms with Crippen LogP contribution in [0.3, 0.4) is 0 Å². The summed E-state index contributed by atoms with van der Waals surface area (Å²) in [6, 6.07) is 11.5. The van der Waals surface area contributed by atoms with Gasteiger partial charge in [0.1, 0.15) is 19.0 Å². The lowest BCUT2D eigenvalue weighted by Gasteiger charge is -2.29. The van der Waals surface area contributed by atoms with Crippen LogP contribution in [0.4, 0.5) is 5.95 Å². The summed E-state index contributed by atoms with van der Waals surface area (Å²) in [4.78, 5) is 17.4. The largest absolute Gasteiger partial charge is 0.490 e. The summed E-state index contributed by atoms with van der Waals surface area (Å²) >= 11 is 3.67. The molecule has 8 nitrogen and oxygen atoms in total. The molecule has 0 spiro atoms. The zero-order valence-electron chi connectivity index (χ0n) is 20.3. The molecule has 0 radical (unpaired) electrons. The van der Waals surface area contributed by atoms with E-state index >= 15 is 0 Å². The molecule has 0 saturated heterocycles. The topological polar surface area (TPSA) is 87.5 Å². The maximum absolute atomic E-state index is 13.1. The van der Waals surface area contributed by atoms with Crippen molar-refractivity contribution in [1.29, 1.82) is 0 Å². The molecule has 0 aliphatic carbocycles. The molecule has 35 heavy (non-hydrogen) atoms. The summed E-state index contributed by atoms with van der Waals surface area (Å²) < 4.78 is 20.1. The second-order valence-electron chi connectivity index (χ2n) is 8.27. The molecule has 1 atom stereocenters. The van der Waals surface area contributed by atoms with Crippen LogP contribution >= 0.6 is 15.9 Å². The van der Waals surface area contributed by atoms with Gasteiger partial charge in [-0.25, -0.2) is 9.48 Å². The Labute approximate surface area is 213 Å². The number of aromatic nitrogens is 3. The molecular weight excluding hydrogens is 512 g/mol. The van der Waals surface area contributed by atoms with Gasteiger partial charge < -0.3 is 19.5 Å². The standard InChI is InChI=1S/C26H29BrN4O4/c1-5-10-34-25(32)22-17(4)30-26-28-15-29-31(26)23(22)19-12-20(27)24(21(13-19)33-6-2)35-14-18-9-7-8-16(3)11-18/h7-9,11-13,15,23H,5-6,10,14H2,1-4H3,(H,28,29,30). The van der Waals surface area contributed by atoms with Crippen molar-refractivity contribution in [2.75, 3.05) is 18.5 Å². The number of esters is 1. The number of benzene rings is 2. The van der Waals surface area contributed by atoms with Crippen LogP contribution in [0.15, 0.2) is 58.5 Å². The number of hydrogen-bond donors (Lipinski definition) is 1. The first kappa shape index (κ1) is 24.8. The Morgan fingerprint density at radius 1 is 1.17 bits per heavy atom. The molecule has 1 N–H and O–H groups in total. The molecule has 0 fully saturated rings.